The van der Waals surface area contributed by atoms with Gasteiger partial charge < -0.3 is 18.4 Å². The molecule has 0 bridgehead atoms. The van der Waals surface area contributed by atoms with E-state index in [9.17, 15) is 9.59 Å². The molecule has 0 heterocycles. The number of unbranched alkanes of at least 4 members (excludes halogenated alkanes) is 9. The summed E-state index contributed by atoms with van der Waals surface area (Å²) in [5.74, 6) is -2.45. The first-order valence-corrected chi connectivity index (χ1v) is 9.40. The Hall–Kier alpha value is -0.0400. The Balaban J connectivity index is -0.000000781. The first kappa shape index (κ1) is 29.2. The number of carboxylic acid groups (broad SMARTS) is 2. The van der Waals surface area contributed by atoms with E-state index in [1.54, 1.807) is 6.07 Å². The topological polar surface area (TPSA) is 86.6 Å². The number of benzene rings is 1. The third-order valence-corrected chi connectivity index (χ3v) is 4.34. The zero-order valence-corrected chi connectivity index (χ0v) is 21.2. The predicted octanol–water partition coefficient (Wildman–Crippen LogP) is -0.351. The summed E-state index contributed by atoms with van der Waals surface area (Å²) in [6, 6.07) is 4.35. The van der Waals surface area contributed by atoms with E-state index in [2.05, 4.69) is 12.2 Å². The van der Waals surface area contributed by atoms with Crippen LogP contribution in [-0.4, -0.2) is 28.7 Å². The molecule has 0 fully saturated rings. The third-order valence-electron chi connectivity index (χ3n) is 4.34. The van der Waals surface area contributed by atoms with Crippen LogP contribution in [-0.2, 0) is 0 Å². The maximum Gasteiger partial charge on any atom is 1.00 e. The molecule has 0 unspecified atom stereocenters. The number of hydrogen-bond acceptors (Lipinski definition) is 3. The Labute approximate surface area is 210 Å². The van der Waals surface area contributed by atoms with E-state index in [0.29, 0.717) is 5.69 Å². The van der Waals surface area contributed by atoms with Crippen molar-refractivity contribution in [2.75, 3.05) is 11.9 Å². The number of anilines is 1. The van der Waals surface area contributed by atoms with E-state index < -0.39 is 11.9 Å². The minimum absolute atomic E-state index is 0. The molecule has 5 nitrogen and oxygen atoms in total. The zero-order valence-electron chi connectivity index (χ0n) is 19.2. The van der Waals surface area contributed by atoms with Crippen LogP contribution in [0.15, 0.2) is 18.2 Å². The summed E-state index contributed by atoms with van der Waals surface area (Å²) in [5.41, 5.74) is 0.288. The Morgan fingerprint density at radius 3 is 1.78 bits per heavy atom. The molecule has 1 rings (SSSR count). The molecule has 0 radical (unpaired) electrons. The minimum atomic E-state index is -1.22. The molecule has 144 valence electrons. The number of nitrogens with one attached hydrogen (secondary N) is 1. The van der Waals surface area contributed by atoms with Gasteiger partial charge in [0.15, 0.2) is 0 Å². The first-order chi connectivity index (χ1) is 12.1. The molecule has 0 amide bonds. The summed E-state index contributed by atoms with van der Waals surface area (Å²) >= 11 is 0. The second-order valence-corrected chi connectivity index (χ2v) is 6.48. The Morgan fingerprint density at radius 1 is 0.815 bits per heavy atom. The average Bonchev–Trinajstić information content (AvgIpc) is 2.59. The molecule has 0 aliphatic rings. The van der Waals surface area contributed by atoms with Crippen molar-refractivity contribution in [1.29, 1.82) is 0 Å². The molecular formula is C20H33NNa2O4. The number of hydrogen-bond donors (Lipinski definition) is 3. The summed E-state index contributed by atoms with van der Waals surface area (Å²) in [7, 11) is 0. The zero-order chi connectivity index (χ0) is 18.5. The van der Waals surface area contributed by atoms with Crippen LogP contribution in [0.2, 0.25) is 0 Å². The monoisotopic (exact) mass is 397 g/mol. The molecule has 0 saturated heterocycles. The van der Waals surface area contributed by atoms with Gasteiger partial charge in [0.2, 0.25) is 0 Å². The minimum Gasteiger partial charge on any atom is -1.00 e. The normalized spacial score (nSPS) is 9.81. The van der Waals surface area contributed by atoms with Gasteiger partial charge in [0.25, 0.3) is 0 Å². The van der Waals surface area contributed by atoms with Gasteiger partial charge in [-0.2, -0.15) is 0 Å². The molecule has 0 atom stereocenters. The molecule has 0 aromatic heterocycles. The molecule has 3 N–H and O–H groups in total. The molecule has 0 saturated carbocycles. The van der Waals surface area contributed by atoms with E-state index in [4.69, 9.17) is 10.2 Å². The van der Waals surface area contributed by atoms with Crippen LogP contribution in [0.4, 0.5) is 5.69 Å². The van der Waals surface area contributed by atoms with E-state index >= 15 is 0 Å². The fourth-order valence-corrected chi connectivity index (χ4v) is 2.86. The van der Waals surface area contributed by atoms with E-state index in [1.165, 1.54) is 63.5 Å². The summed E-state index contributed by atoms with van der Waals surface area (Å²) in [6.45, 7) is 3.00. The van der Waals surface area contributed by atoms with Crippen molar-refractivity contribution in [3.05, 3.63) is 29.3 Å². The summed E-state index contributed by atoms with van der Waals surface area (Å²) in [6.07, 6.45) is 12.7. The summed E-state index contributed by atoms with van der Waals surface area (Å²) in [5, 5.41) is 21.3. The van der Waals surface area contributed by atoms with Crippen molar-refractivity contribution in [1.82, 2.24) is 0 Å². The van der Waals surface area contributed by atoms with Gasteiger partial charge in [-0.1, -0.05) is 64.7 Å². The second-order valence-electron chi connectivity index (χ2n) is 6.48. The molecule has 0 aliphatic carbocycles. The van der Waals surface area contributed by atoms with E-state index in [-0.39, 0.29) is 73.1 Å². The van der Waals surface area contributed by atoms with Crippen LogP contribution in [0.5, 0.6) is 0 Å². The van der Waals surface area contributed by atoms with Crippen LogP contribution >= 0.6 is 0 Å². The van der Waals surface area contributed by atoms with Gasteiger partial charge in [-0.15, -0.1) is 0 Å². The van der Waals surface area contributed by atoms with Crippen molar-refractivity contribution in [3.63, 3.8) is 0 Å². The van der Waals surface area contributed by atoms with E-state index in [1.807, 2.05) is 0 Å². The Kier molecular flexibility index (Phi) is 19.5. The van der Waals surface area contributed by atoms with Gasteiger partial charge in [0, 0.05) is 12.2 Å². The van der Waals surface area contributed by atoms with Crippen molar-refractivity contribution < 1.29 is 81.8 Å². The quantitative estimate of drug-likeness (QED) is 0.295. The molecule has 7 heteroatoms. The summed E-state index contributed by atoms with van der Waals surface area (Å²) in [4.78, 5) is 22.2. The van der Waals surface area contributed by atoms with Crippen molar-refractivity contribution in [2.45, 2.75) is 71.1 Å². The third kappa shape index (κ3) is 12.9. The van der Waals surface area contributed by atoms with Gasteiger partial charge in [-0.3, -0.25) is 0 Å². The molecule has 0 spiro atoms. The largest absolute Gasteiger partial charge is 1.00 e. The first-order valence-electron chi connectivity index (χ1n) is 9.40. The predicted molar refractivity (Wildman–Crippen MR) is 103 cm³/mol. The number of carbonyl (C=O) groups is 2. The fraction of sp³-hybridized carbons (Fsp3) is 0.600. The second kappa shape index (κ2) is 18.0. The fourth-order valence-electron chi connectivity index (χ4n) is 2.86. The molecule has 27 heavy (non-hydrogen) atoms. The van der Waals surface area contributed by atoms with Crippen LogP contribution in [0, 0.1) is 0 Å². The van der Waals surface area contributed by atoms with Crippen LogP contribution in [0.25, 0.3) is 0 Å². The van der Waals surface area contributed by atoms with Crippen LogP contribution < -0.4 is 64.4 Å². The SMILES string of the molecule is CCCCCCCCCCCCNc1ccc(C(=O)O)c(C(=O)O)c1.[H-].[H-].[Na+].[Na+]. The Bertz CT molecular complexity index is 563. The van der Waals surface area contributed by atoms with Crippen LogP contribution in [0.1, 0.15) is 94.7 Å². The van der Waals surface area contributed by atoms with Crippen molar-refractivity contribution in [3.8, 4) is 0 Å². The van der Waals surface area contributed by atoms with Crippen LogP contribution in [0.3, 0.4) is 0 Å². The number of carboxylic acids is 2. The van der Waals surface area contributed by atoms with Crippen molar-refractivity contribution in [2.24, 2.45) is 0 Å². The maximum absolute atomic E-state index is 11.1. The standard InChI is InChI=1S/C20H31NO4.2Na.2H/c1-2-3-4-5-6-7-8-9-10-11-14-21-16-12-13-17(19(22)23)18(15-16)20(24)25;;;;/h12-13,15,21H,2-11,14H2,1H3,(H,22,23)(H,24,25);;;;/q;2*+1;2*-1. The average molecular weight is 397 g/mol. The Morgan fingerprint density at radius 2 is 1.30 bits per heavy atom. The van der Waals surface area contributed by atoms with Gasteiger partial charge in [0.1, 0.15) is 0 Å². The van der Waals surface area contributed by atoms with Gasteiger partial charge in [-0.25, -0.2) is 9.59 Å². The molecular weight excluding hydrogens is 364 g/mol. The summed E-state index contributed by atoms with van der Waals surface area (Å²) < 4.78 is 0. The number of aromatic carboxylic acids is 2. The van der Waals surface area contributed by atoms with E-state index in [0.717, 1.165) is 19.4 Å². The molecule has 0 aliphatic heterocycles. The van der Waals surface area contributed by atoms with Crippen molar-refractivity contribution >= 4 is 17.6 Å². The molecule has 1 aromatic carbocycles. The smallest absolute Gasteiger partial charge is 1.00 e. The van der Waals surface area contributed by atoms with Gasteiger partial charge in [0.05, 0.1) is 11.1 Å². The van der Waals surface area contributed by atoms with Gasteiger partial charge in [-0.05, 0) is 24.6 Å². The maximum atomic E-state index is 11.1. The molecule has 1 aromatic rings. The number of rotatable bonds is 14. The van der Waals surface area contributed by atoms with Gasteiger partial charge >= 0.3 is 71.1 Å².